The summed E-state index contributed by atoms with van der Waals surface area (Å²) in [4.78, 5) is 6.99. The van der Waals surface area contributed by atoms with Crippen LogP contribution in [0.15, 0.2) is 4.52 Å². The fourth-order valence-electron chi connectivity index (χ4n) is 2.59. The van der Waals surface area contributed by atoms with E-state index in [1.165, 1.54) is 0 Å². The van der Waals surface area contributed by atoms with E-state index in [0.29, 0.717) is 0 Å². The maximum Gasteiger partial charge on any atom is 0.232 e. The molecule has 2 rings (SSSR count). The van der Waals surface area contributed by atoms with Gasteiger partial charge in [0, 0.05) is 18.4 Å². The SMILES string of the molecule is CCN(CC)CCc1noc(C2(C)CCNCC2)n1. The van der Waals surface area contributed by atoms with Crippen LogP contribution >= 0.6 is 0 Å². The Morgan fingerprint density at radius 1 is 1.26 bits per heavy atom. The zero-order valence-electron chi connectivity index (χ0n) is 12.4. The summed E-state index contributed by atoms with van der Waals surface area (Å²) in [5.74, 6) is 1.67. The van der Waals surface area contributed by atoms with E-state index in [0.717, 1.165) is 63.7 Å². The molecule has 19 heavy (non-hydrogen) atoms. The molecule has 1 saturated heterocycles. The topological polar surface area (TPSA) is 54.2 Å². The van der Waals surface area contributed by atoms with Crippen molar-refractivity contribution in [3.8, 4) is 0 Å². The fraction of sp³-hybridized carbons (Fsp3) is 0.857. The lowest BCUT2D eigenvalue weighted by Crippen LogP contribution is -2.37. The van der Waals surface area contributed by atoms with Crippen molar-refractivity contribution in [2.24, 2.45) is 0 Å². The summed E-state index contributed by atoms with van der Waals surface area (Å²) in [6, 6.07) is 0. The molecule has 0 amide bonds. The van der Waals surface area contributed by atoms with Crippen LogP contribution in [0.4, 0.5) is 0 Å². The Morgan fingerprint density at radius 3 is 2.58 bits per heavy atom. The van der Waals surface area contributed by atoms with E-state index < -0.39 is 0 Å². The minimum absolute atomic E-state index is 0.0612. The molecule has 1 N–H and O–H groups in total. The molecule has 1 aromatic heterocycles. The van der Waals surface area contributed by atoms with E-state index in [1.54, 1.807) is 0 Å². The molecule has 0 atom stereocenters. The predicted molar refractivity (Wildman–Crippen MR) is 75.2 cm³/mol. The summed E-state index contributed by atoms with van der Waals surface area (Å²) in [5, 5.41) is 7.52. The maximum atomic E-state index is 5.50. The molecule has 0 aromatic carbocycles. The van der Waals surface area contributed by atoms with E-state index in [-0.39, 0.29) is 5.41 Å². The van der Waals surface area contributed by atoms with Crippen molar-refractivity contribution in [2.45, 2.75) is 45.4 Å². The third-order valence-corrected chi connectivity index (χ3v) is 4.24. The van der Waals surface area contributed by atoms with Crippen molar-refractivity contribution < 1.29 is 4.52 Å². The number of aromatic nitrogens is 2. The van der Waals surface area contributed by atoms with Crippen LogP contribution in [0.3, 0.4) is 0 Å². The summed E-state index contributed by atoms with van der Waals surface area (Å²) in [6.07, 6.45) is 3.02. The second-order valence-electron chi connectivity index (χ2n) is 5.60. The second kappa shape index (κ2) is 6.48. The lowest BCUT2D eigenvalue weighted by Gasteiger charge is -2.30. The van der Waals surface area contributed by atoms with E-state index in [1.807, 2.05) is 0 Å². The molecule has 0 spiro atoms. The smallest absolute Gasteiger partial charge is 0.232 e. The zero-order chi connectivity index (χ0) is 13.7. The molecule has 1 aromatic rings. The average Bonchev–Trinajstić information content (AvgIpc) is 2.90. The van der Waals surface area contributed by atoms with Gasteiger partial charge in [0.2, 0.25) is 5.89 Å². The summed E-state index contributed by atoms with van der Waals surface area (Å²) in [5.41, 5.74) is 0.0612. The number of rotatable bonds is 6. The van der Waals surface area contributed by atoms with Gasteiger partial charge in [-0.25, -0.2) is 0 Å². The van der Waals surface area contributed by atoms with E-state index in [4.69, 9.17) is 4.52 Å². The van der Waals surface area contributed by atoms with Crippen LogP contribution < -0.4 is 5.32 Å². The van der Waals surface area contributed by atoms with Crippen LogP contribution in [0.2, 0.25) is 0 Å². The number of nitrogens with one attached hydrogen (secondary N) is 1. The molecule has 5 nitrogen and oxygen atoms in total. The first-order valence-electron chi connectivity index (χ1n) is 7.44. The van der Waals surface area contributed by atoms with Gasteiger partial charge in [-0.15, -0.1) is 0 Å². The first-order valence-corrected chi connectivity index (χ1v) is 7.44. The van der Waals surface area contributed by atoms with Crippen molar-refractivity contribution in [1.29, 1.82) is 0 Å². The van der Waals surface area contributed by atoms with Gasteiger partial charge in [0.25, 0.3) is 0 Å². The maximum absolute atomic E-state index is 5.50. The molecule has 1 aliphatic heterocycles. The Labute approximate surface area is 115 Å². The van der Waals surface area contributed by atoms with Gasteiger partial charge in [0.1, 0.15) is 0 Å². The molecule has 5 heteroatoms. The summed E-state index contributed by atoms with van der Waals surface area (Å²) in [6.45, 7) is 11.8. The molecule has 0 aliphatic carbocycles. The lowest BCUT2D eigenvalue weighted by atomic mass is 9.81. The van der Waals surface area contributed by atoms with Crippen LogP contribution in [0.5, 0.6) is 0 Å². The largest absolute Gasteiger partial charge is 0.339 e. The summed E-state index contributed by atoms with van der Waals surface area (Å²) >= 11 is 0. The monoisotopic (exact) mass is 266 g/mol. The number of likely N-dealkylation sites (N-methyl/N-ethyl adjacent to an activating group) is 1. The third kappa shape index (κ3) is 3.54. The Balaban J connectivity index is 1.94. The number of nitrogens with zero attached hydrogens (tertiary/aromatic N) is 3. The van der Waals surface area contributed by atoms with Crippen LogP contribution in [0, 0.1) is 0 Å². The normalized spacial score (nSPS) is 18.9. The van der Waals surface area contributed by atoms with Crippen molar-refractivity contribution in [3.05, 3.63) is 11.7 Å². The van der Waals surface area contributed by atoms with Gasteiger partial charge < -0.3 is 14.7 Å². The van der Waals surface area contributed by atoms with Gasteiger partial charge in [-0.1, -0.05) is 25.9 Å². The van der Waals surface area contributed by atoms with Gasteiger partial charge in [-0.05, 0) is 39.0 Å². The van der Waals surface area contributed by atoms with Gasteiger partial charge in [-0.2, -0.15) is 4.98 Å². The van der Waals surface area contributed by atoms with Crippen molar-refractivity contribution >= 4 is 0 Å². The Hall–Kier alpha value is -0.940. The molecule has 0 radical (unpaired) electrons. The number of hydrogen-bond donors (Lipinski definition) is 1. The van der Waals surface area contributed by atoms with Gasteiger partial charge in [0.05, 0.1) is 0 Å². The quantitative estimate of drug-likeness (QED) is 0.847. The highest BCUT2D eigenvalue weighted by Gasteiger charge is 2.34. The van der Waals surface area contributed by atoms with Crippen molar-refractivity contribution in [3.63, 3.8) is 0 Å². The molecule has 0 saturated carbocycles. The first-order chi connectivity index (χ1) is 9.18. The third-order valence-electron chi connectivity index (χ3n) is 4.24. The first kappa shape index (κ1) is 14.5. The minimum Gasteiger partial charge on any atom is -0.339 e. The Kier molecular flexibility index (Phi) is 4.93. The van der Waals surface area contributed by atoms with Crippen LogP contribution in [-0.2, 0) is 11.8 Å². The molecule has 1 fully saturated rings. The number of piperidine rings is 1. The summed E-state index contributed by atoms with van der Waals surface area (Å²) in [7, 11) is 0. The average molecular weight is 266 g/mol. The van der Waals surface area contributed by atoms with Crippen molar-refractivity contribution in [2.75, 3.05) is 32.7 Å². The Bertz CT molecular complexity index is 381. The van der Waals surface area contributed by atoms with Gasteiger partial charge in [0.15, 0.2) is 5.82 Å². The van der Waals surface area contributed by atoms with Gasteiger partial charge >= 0.3 is 0 Å². The van der Waals surface area contributed by atoms with Crippen LogP contribution in [0.1, 0.15) is 45.3 Å². The second-order valence-corrected chi connectivity index (χ2v) is 5.60. The van der Waals surface area contributed by atoms with E-state index in [9.17, 15) is 0 Å². The molecule has 2 heterocycles. The predicted octanol–water partition coefficient (Wildman–Crippen LogP) is 1.59. The Morgan fingerprint density at radius 2 is 1.95 bits per heavy atom. The zero-order valence-corrected chi connectivity index (χ0v) is 12.4. The molecular formula is C14H26N4O. The highest BCUT2D eigenvalue weighted by atomic mass is 16.5. The molecule has 0 unspecified atom stereocenters. The lowest BCUT2D eigenvalue weighted by molar-refractivity contribution is 0.240. The van der Waals surface area contributed by atoms with E-state index >= 15 is 0 Å². The van der Waals surface area contributed by atoms with Crippen LogP contribution in [-0.4, -0.2) is 47.8 Å². The summed E-state index contributed by atoms with van der Waals surface area (Å²) < 4.78 is 5.50. The van der Waals surface area contributed by atoms with Crippen LogP contribution in [0.25, 0.3) is 0 Å². The number of hydrogen-bond acceptors (Lipinski definition) is 5. The molecule has 108 valence electrons. The van der Waals surface area contributed by atoms with Crippen molar-refractivity contribution in [1.82, 2.24) is 20.4 Å². The molecule has 0 bridgehead atoms. The highest BCUT2D eigenvalue weighted by molar-refractivity contribution is 5.05. The fourth-order valence-corrected chi connectivity index (χ4v) is 2.59. The van der Waals surface area contributed by atoms with Gasteiger partial charge in [-0.3, -0.25) is 0 Å². The standard InChI is InChI=1S/C14H26N4O/c1-4-18(5-2)11-6-12-16-13(19-17-12)14(3)7-9-15-10-8-14/h15H,4-11H2,1-3H3. The molecule has 1 aliphatic rings. The highest BCUT2D eigenvalue weighted by Crippen LogP contribution is 2.31. The minimum atomic E-state index is 0.0612. The van der Waals surface area contributed by atoms with E-state index in [2.05, 4.69) is 41.1 Å². The molecular weight excluding hydrogens is 240 g/mol.